The number of Topliss-reactive ketones (excluding diaryl/α,β-unsaturated/α-hetero) is 1. The maximum absolute atomic E-state index is 12.8. The highest BCUT2D eigenvalue weighted by Gasteiger charge is 2.35. The van der Waals surface area contributed by atoms with Crippen LogP contribution in [0.2, 0.25) is 0 Å². The number of ether oxygens (including phenoxy) is 1. The van der Waals surface area contributed by atoms with Gasteiger partial charge in [0.2, 0.25) is 5.95 Å². The third kappa shape index (κ3) is 5.44. The molecule has 0 radical (unpaired) electrons. The van der Waals surface area contributed by atoms with Crippen LogP contribution in [0.5, 0.6) is 5.75 Å². The molecule has 0 N–H and O–H groups in total. The lowest BCUT2D eigenvalue weighted by Gasteiger charge is -2.38. The fraction of sp³-hybridized carbons (Fsp3) is 0.458. The number of aromatic nitrogens is 3. The van der Waals surface area contributed by atoms with E-state index in [1.54, 1.807) is 29.4 Å². The smallest absolute Gasteiger partial charge is 0.268 e. The maximum Gasteiger partial charge on any atom is 0.268 e. The third-order valence-corrected chi connectivity index (χ3v) is 6.13. The maximum atomic E-state index is 12.8. The van der Waals surface area contributed by atoms with Crippen molar-refractivity contribution in [2.75, 3.05) is 29.4 Å². The first-order valence-corrected chi connectivity index (χ1v) is 11.3. The Labute approximate surface area is 198 Å². The summed E-state index contributed by atoms with van der Waals surface area (Å²) in [5.41, 5.74) is 1.15. The third-order valence-electron chi connectivity index (χ3n) is 6.13. The summed E-state index contributed by atoms with van der Waals surface area (Å²) >= 11 is 0. The highest BCUT2D eigenvalue weighted by molar-refractivity contribution is 5.99. The normalized spacial score (nSPS) is 19.3. The molecule has 2 aliphatic heterocycles. The number of anilines is 2. The molecule has 10 nitrogen and oxygen atoms in total. The van der Waals surface area contributed by atoms with Crippen molar-refractivity contribution < 1.29 is 23.9 Å². The Bertz CT molecular complexity index is 972. The number of rotatable bonds is 7. The van der Waals surface area contributed by atoms with E-state index in [0.29, 0.717) is 30.1 Å². The number of amides is 1. The molecule has 1 saturated carbocycles. The monoisotopic (exact) mass is 467 g/mol. The molecule has 1 amide bonds. The van der Waals surface area contributed by atoms with Crippen molar-refractivity contribution in [3.05, 3.63) is 36.4 Å². The molecule has 1 atom stereocenters. The zero-order valence-electron chi connectivity index (χ0n) is 19.3. The van der Waals surface area contributed by atoms with Gasteiger partial charge in [-0.2, -0.15) is 0 Å². The topological polar surface area (TPSA) is 123 Å². The molecule has 10 heteroatoms. The van der Waals surface area contributed by atoms with Crippen LogP contribution in [0.4, 0.5) is 11.6 Å². The molecule has 5 rings (SSSR count). The lowest BCUT2D eigenvalue weighted by molar-refractivity contribution is -0.122. The van der Waals surface area contributed by atoms with Gasteiger partial charge in [-0.15, -0.1) is 0 Å². The minimum Gasteiger partial charge on any atom is -0.479 e. The summed E-state index contributed by atoms with van der Waals surface area (Å²) in [4.78, 5) is 57.8. The van der Waals surface area contributed by atoms with E-state index in [0.717, 1.165) is 37.8 Å². The Morgan fingerprint density at radius 3 is 2.26 bits per heavy atom. The van der Waals surface area contributed by atoms with Crippen molar-refractivity contribution in [1.82, 2.24) is 15.0 Å². The van der Waals surface area contributed by atoms with E-state index in [9.17, 15) is 9.59 Å². The Kier molecular flexibility index (Phi) is 8.39. The van der Waals surface area contributed by atoms with E-state index in [1.807, 2.05) is 13.6 Å². The molecule has 34 heavy (non-hydrogen) atoms. The summed E-state index contributed by atoms with van der Waals surface area (Å²) in [5.74, 6) is 2.06. The van der Waals surface area contributed by atoms with Crippen molar-refractivity contribution >= 4 is 36.9 Å². The summed E-state index contributed by atoms with van der Waals surface area (Å²) in [5, 5.41) is 0. The first-order valence-electron chi connectivity index (χ1n) is 11.3. The average molecular weight is 468 g/mol. The van der Waals surface area contributed by atoms with E-state index >= 15 is 0 Å². The van der Waals surface area contributed by atoms with Gasteiger partial charge in [0.25, 0.3) is 5.91 Å². The van der Waals surface area contributed by atoms with Crippen LogP contribution in [-0.4, -0.2) is 66.0 Å². The van der Waals surface area contributed by atoms with Crippen molar-refractivity contribution in [3.63, 3.8) is 0 Å². The van der Waals surface area contributed by atoms with Gasteiger partial charge >= 0.3 is 0 Å². The molecule has 3 fully saturated rings. The van der Waals surface area contributed by atoms with E-state index in [1.165, 1.54) is 12.6 Å². The number of ketones is 1. The summed E-state index contributed by atoms with van der Waals surface area (Å²) in [6, 6.07) is 3.39. The van der Waals surface area contributed by atoms with E-state index in [2.05, 4.69) is 26.8 Å². The molecule has 1 aliphatic carbocycles. The fourth-order valence-corrected chi connectivity index (χ4v) is 3.94. The van der Waals surface area contributed by atoms with Crippen molar-refractivity contribution in [3.8, 4) is 5.75 Å². The van der Waals surface area contributed by atoms with Gasteiger partial charge in [0.1, 0.15) is 25.0 Å². The summed E-state index contributed by atoms with van der Waals surface area (Å²) in [7, 11) is 0. The summed E-state index contributed by atoms with van der Waals surface area (Å²) in [6.45, 7) is 8.74. The molecule has 3 aliphatic rings. The molecule has 0 bridgehead atoms. The molecule has 180 valence electrons. The predicted octanol–water partition coefficient (Wildman–Crippen LogP) is 2.12. The fourth-order valence-electron chi connectivity index (χ4n) is 3.94. The molecule has 0 unspecified atom stereocenters. The van der Waals surface area contributed by atoms with Gasteiger partial charge in [-0.1, -0.05) is 6.92 Å². The molecule has 2 aromatic heterocycles. The number of pyridine rings is 1. The van der Waals surface area contributed by atoms with Crippen LogP contribution >= 0.6 is 0 Å². The zero-order chi connectivity index (χ0) is 24.7. The Hall–Kier alpha value is -3.69. The first kappa shape index (κ1) is 24.9. The van der Waals surface area contributed by atoms with E-state index in [-0.39, 0.29) is 17.6 Å². The number of carbonyl (C=O) groups is 4. The Morgan fingerprint density at radius 1 is 1.03 bits per heavy atom. The van der Waals surface area contributed by atoms with E-state index in [4.69, 9.17) is 14.3 Å². The summed E-state index contributed by atoms with van der Waals surface area (Å²) < 4.78 is 5.85. The molecule has 4 heterocycles. The van der Waals surface area contributed by atoms with Crippen LogP contribution in [0, 0.1) is 11.8 Å². The predicted molar refractivity (Wildman–Crippen MR) is 125 cm³/mol. The van der Waals surface area contributed by atoms with Gasteiger partial charge < -0.3 is 24.1 Å². The number of hydrogen-bond donors (Lipinski definition) is 0. The molecular weight excluding hydrogens is 438 g/mol. The summed E-state index contributed by atoms with van der Waals surface area (Å²) in [6.07, 6.45) is 8.03. The standard InChI is InChI=1S/C22H25N5O3.2CH2O/c1-2-14-12-26(13-14)22-24-9-16(10-25-22)27-8-7-19(21(27)29)30-17-5-6-18(23-11-17)20(28)15-3-4-15;2*1-2/h5-6,9-11,14-15,19H,2-4,7-8,12-13H2,1H3;2*1H2/t19-;;/m1../s1. The zero-order valence-corrected chi connectivity index (χ0v) is 19.3. The minimum atomic E-state index is -0.572. The van der Waals surface area contributed by atoms with Gasteiger partial charge in [0, 0.05) is 32.0 Å². The largest absolute Gasteiger partial charge is 0.479 e. The molecular formula is C24H29N5O5. The second kappa shape index (κ2) is 11.4. The van der Waals surface area contributed by atoms with Gasteiger partial charge in [0.05, 0.1) is 24.3 Å². The minimum absolute atomic E-state index is 0.0940. The second-order valence-electron chi connectivity index (χ2n) is 8.32. The second-order valence-corrected chi connectivity index (χ2v) is 8.32. The molecule has 0 aromatic carbocycles. The number of carbonyl (C=O) groups excluding carboxylic acids is 4. The van der Waals surface area contributed by atoms with Crippen LogP contribution in [0.1, 0.15) is 43.1 Å². The Balaban J connectivity index is 0.000000771. The average Bonchev–Trinajstić information content (AvgIpc) is 3.66. The van der Waals surface area contributed by atoms with Gasteiger partial charge in [-0.05, 0) is 37.3 Å². The quantitative estimate of drug-likeness (QED) is 0.563. The molecule has 2 saturated heterocycles. The lowest BCUT2D eigenvalue weighted by atomic mass is 9.98. The van der Waals surface area contributed by atoms with E-state index < -0.39 is 6.10 Å². The Morgan fingerprint density at radius 2 is 1.71 bits per heavy atom. The number of nitrogens with zero attached hydrogens (tertiary/aromatic N) is 5. The van der Waals surface area contributed by atoms with Gasteiger partial charge in [-0.25, -0.2) is 15.0 Å². The molecule has 0 spiro atoms. The van der Waals surface area contributed by atoms with Crippen molar-refractivity contribution in [2.45, 2.75) is 38.7 Å². The van der Waals surface area contributed by atoms with Crippen LogP contribution in [-0.2, 0) is 14.4 Å². The molecule has 2 aromatic rings. The van der Waals surface area contributed by atoms with Gasteiger partial charge in [-0.3, -0.25) is 9.59 Å². The first-order chi connectivity index (χ1) is 16.6. The van der Waals surface area contributed by atoms with Crippen LogP contribution < -0.4 is 14.5 Å². The lowest BCUT2D eigenvalue weighted by Crippen LogP contribution is -2.47. The van der Waals surface area contributed by atoms with Crippen molar-refractivity contribution in [1.29, 1.82) is 0 Å². The van der Waals surface area contributed by atoms with Gasteiger partial charge in [0.15, 0.2) is 11.9 Å². The van der Waals surface area contributed by atoms with Crippen LogP contribution in [0.3, 0.4) is 0 Å². The van der Waals surface area contributed by atoms with Crippen LogP contribution in [0.15, 0.2) is 30.7 Å². The SMILES string of the molecule is C=O.C=O.CCC1CN(c2ncc(N3CC[C@@H](Oc4ccc(C(=O)C5CC5)nc4)C3=O)cn2)C1. The number of hydrogen-bond acceptors (Lipinski definition) is 9. The van der Waals surface area contributed by atoms with Crippen LogP contribution in [0.25, 0.3) is 0 Å². The highest BCUT2D eigenvalue weighted by atomic mass is 16.5. The van der Waals surface area contributed by atoms with Crippen molar-refractivity contribution in [2.24, 2.45) is 11.8 Å². The highest BCUT2D eigenvalue weighted by Crippen LogP contribution is 2.32.